The maximum atomic E-state index is 12.3. The molecule has 1 aliphatic heterocycles. The van der Waals surface area contributed by atoms with Gasteiger partial charge < -0.3 is 14.8 Å². The van der Waals surface area contributed by atoms with Gasteiger partial charge >= 0.3 is 0 Å². The van der Waals surface area contributed by atoms with Gasteiger partial charge in [0.15, 0.2) is 11.5 Å². The van der Waals surface area contributed by atoms with Gasteiger partial charge in [-0.15, -0.1) is 10.2 Å². The number of carbonyl (C=O) groups excluding carboxylic acids is 1. The Morgan fingerprint density at radius 2 is 2.07 bits per heavy atom. The summed E-state index contributed by atoms with van der Waals surface area (Å²) in [5.41, 5.74) is 1.20. The molecule has 0 spiro atoms. The molecule has 0 unspecified atom stereocenters. The van der Waals surface area contributed by atoms with Crippen molar-refractivity contribution in [3.05, 3.63) is 47.0 Å². The number of nitriles is 1. The quantitative estimate of drug-likeness (QED) is 0.735. The zero-order valence-electron chi connectivity index (χ0n) is 13.7. The van der Waals surface area contributed by atoms with Gasteiger partial charge in [0, 0.05) is 17.7 Å². The number of amides is 1. The minimum Gasteiger partial charge on any atom is -0.454 e. The molecule has 2 heterocycles. The fourth-order valence-corrected chi connectivity index (χ4v) is 2.74. The van der Waals surface area contributed by atoms with Crippen LogP contribution in [0.3, 0.4) is 0 Å². The standard InChI is InChI=1S/C17H11ClN6O3/c18-12-4-2-1-3-11(12)17-21-23-24(22-17)8-16(25)20-13-6-15-14(26-9-27-15)5-10(13)7-19/h1-6H,8-9H2,(H,20,25). The molecule has 10 heteroatoms. The summed E-state index contributed by atoms with van der Waals surface area (Å²) in [4.78, 5) is 13.5. The summed E-state index contributed by atoms with van der Waals surface area (Å²) in [6, 6.07) is 12.1. The third kappa shape index (κ3) is 3.38. The third-order valence-corrected chi connectivity index (χ3v) is 4.09. The van der Waals surface area contributed by atoms with E-state index < -0.39 is 5.91 Å². The van der Waals surface area contributed by atoms with Crippen molar-refractivity contribution in [2.24, 2.45) is 0 Å². The molecule has 2 aromatic carbocycles. The first-order valence-electron chi connectivity index (χ1n) is 7.80. The lowest BCUT2D eigenvalue weighted by molar-refractivity contribution is -0.117. The van der Waals surface area contributed by atoms with E-state index in [1.807, 2.05) is 6.07 Å². The summed E-state index contributed by atoms with van der Waals surface area (Å²) < 4.78 is 10.5. The van der Waals surface area contributed by atoms with E-state index in [9.17, 15) is 10.1 Å². The summed E-state index contributed by atoms with van der Waals surface area (Å²) in [6.45, 7) is -0.109. The molecule has 0 atom stereocenters. The fraction of sp³-hybridized carbons (Fsp3) is 0.118. The number of fused-ring (bicyclic) bond motifs is 1. The maximum Gasteiger partial charge on any atom is 0.248 e. The van der Waals surface area contributed by atoms with Crippen LogP contribution in [0.4, 0.5) is 5.69 Å². The number of nitrogens with zero attached hydrogens (tertiary/aromatic N) is 5. The molecule has 0 bridgehead atoms. The van der Waals surface area contributed by atoms with Gasteiger partial charge in [0.2, 0.25) is 18.5 Å². The first kappa shape index (κ1) is 16.8. The van der Waals surface area contributed by atoms with Gasteiger partial charge in [0.25, 0.3) is 0 Å². The lowest BCUT2D eigenvalue weighted by Gasteiger charge is -2.07. The highest BCUT2D eigenvalue weighted by Crippen LogP contribution is 2.36. The molecular weight excluding hydrogens is 372 g/mol. The van der Waals surface area contributed by atoms with Crippen molar-refractivity contribution >= 4 is 23.2 Å². The zero-order valence-corrected chi connectivity index (χ0v) is 14.5. The molecule has 3 aromatic rings. The van der Waals surface area contributed by atoms with E-state index >= 15 is 0 Å². The predicted molar refractivity (Wildman–Crippen MR) is 94.2 cm³/mol. The minimum atomic E-state index is -0.423. The van der Waals surface area contributed by atoms with E-state index in [2.05, 4.69) is 20.7 Å². The smallest absolute Gasteiger partial charge is 0.248 e. The Kier molecular flexibility index (Phi) is 4.32. The van der Waals surface area contributed by atoms with Crippen LogP contribution in [0.2, 0.25) is 5.02 Å². The minimum absolute atomic E-state index is 0.0747. The second kappa shape index (κ2) is 6.93. The molecule has 0 saturated heterocycles. The van der Waals surface area contributed by atoms with Crippen molar-refractivity contribution in [1.82, 2.24) is 20.2 Å². The van der Waals surface area contributed by atoms with Crippen LogP contribution >= 0.6 is 11.6 Å². The number of tetrazole rings is 1. The first-order valence-corrected chi connectivity index (χ1v) is 8.18. The highest BCUT2D eigenvalue weighted by molar-refractivity contribution is 6.33. The number of benzene rings is 2. The Hall–Kier alpha value is -3.64. The van der Waals surface area contributed by atoms with E-state index in [-0.39, 0.29) is 18.9 Å². The Morgan fingerprint density at radius 1 is 1.30 bits per heavy atom. The van der Waals surface area contributed by atoms with E-state index in [0.717, 1.165) is 4.80 Å². The number of hydrogen-bond acceptors (Lipinski definition) is 7. The lowest BCUT2D eigenvalue weighted by Crippen LogP contribution is -2.21. The van der Waals surface area contributed by atoms with Crippen molar-refractivity contribution < 1.29 is 14.3 Å². The molecule has 1 amide bonds. The van der Waals surface area contributed by atoms with Gasteiger partial charge in [0.1, 0.15) is 12.6 Å². The summed E-state index contributed by atoms with van der Waals surface area (Å²) in [6.07, 6.45) is 0. The summed E-state index contributed by atoms with van der Waals surface area (Å²) in [7, 11) is 0. The molecule has 4 rings (SSSR count). The monoisotopic (exact) mass is 382 g/mol. The lowest BCUT2D eigenvalue weighted by atomic mass is 10.1. The van der Waals surface area contributed by atoms with Crippen LogP contribution in [-0.2, 0) is 11.3 Å². The number of ether oxygens (including phenoxy) is 2. The molecule has 0 saturated carbocycles. The van der Waals surface area contributed by atoms with Crippen LogP contribution in [0.15, 0.2) is 36.4 Å². The van der Waals surface area contributed by atoms with E-state index in [4.69, 9.17) is 21.1 Å². The first-order chi connectivity index (χ1) is 13.1. The van der Waals surface area contributed by atoms with Crippen molar-refractivity contribution in [3.63, 3.8) is 0 Å². The molecule has 1 aliphatic rings. The van der Waals surface area contributed by atoms with E-state index in [1.54, 1.807) is 30.3 Å². The Morgan fingerprint density at radius 3 is 2.85 bits per heavy atom. The Balaban J connectivity index is 1.50. The fourth-order valence-electron chi connectivity index (χ4n) is 2.52. The SMILES string of the molecule is N#Cc1cc2c(cc1NC(=O)Cn1nnc(-c3ccccc3Cl)n1)OCO2. The zero-order chi connectivity index (χ0) is 18.8. The molecule has 1 aromatic heterocycles. The number of halogens is 1. The van der Waals surface area contributed by atoms with Crippen LogP contribution in [0, 0.1) is 11.3 Å². The van der Waals surface area contributed by atoms with E-state index in [1.165, 1.54) is 6.07 Å². The number of carbonyl (C=O) groups is 1. The van der Waals surface area contributed by atoms with Gasteiger partial charge in [-0.05, 0) is 17.3 Å². The van der Waals surface area contributed by atoms with Crippen molar-refractivity contribution in [2.75, 3.05) is 12.1 Å². The van der Waals surface area contributed by atoms with Crippen molar-refractivity contribution in [2.45, 2.75) is 6.54 Å². The van der Waals surface area contributed by atoms with Crippen LogP contribution in [0.1, 0.15) is 5.56 Å². The van der Waals surface area contributed by atoms with Crippen LogP contribution in [0.5, 0.6) is 11.5 Å². The number of hydrogen-bond donors (Lipinski definition) is 1. The van der Waals surface area contributed by atoms with Gasteiger partial charge in [0.05, 0.1) is 16.3 Å². The molecule has 0 radical (unpaired) electrons. The average molecular weight is 383 g/mol. The molecule has 134 valence electrons. The molecular formula is C17H11ClN6O3. The van der Waals surface area contributed by atoms with Gasteiger partial charge in [-0.3, -0.25) is 4.79 Å². The van der Waals surface area contributed by atoms with Crippen molar-refractivity contribution in [3.8, 4) is 29.0 Å². The molecule has 0 fully saturated rings. The van der Waals surface area contributed by atoms with Crippen LogP contribution in [-0.4, -0.2) is 32.9 Å². The highest BCUT2D eigenvalue weighted by atomic mass is 35.5. The highest BCUT2D eigenvalue weighted by Gasteiger charge is 2.19. The number of nitrogens with one attached hydrogen (secondary N) is 1. The Bertz CT molecular complexity index is 1070. The predicted octanol–water partition coefficient (Wildman–Crippen LogP) is 2.23. The largest absolute Gasteiger partial charge is 0.454 e. The topological polar surface area (TPSA) is 115 Å². The molecule has 9 nitrogen and oxygen atoms in total. The van der Waals surface area contributed by atoms with Crippen molar-refractivity contribution in [1.29, 1.82) is 5.26 Å². The van der Waals surface area contributed by atoms with Gasteiger partial charge in [-0.1, -0.05) is 23.7 Å². The second-order valence-corrected chi connectivity index (χ2v) is 5.94. The normalized spacial score (nSPS) is 11.9. The number of rotatable bonds is 4. The van der Waals surface area contributed by atoms with Gasteiger partial charge in [-0.2, -0.15) is 10.1 Å². The summed E-state index contributed by atoms with van der Waals surface area (Å²) >= 11 is 6.11. The third-order valence-electron chi connectivity index (χ3n) is 3.76. The Labute approximate surface area is 158 Å². The maximum absolute atomic E-state index is 12.3. The van der Waals surface area contributed by atoms with Crippen LogP contribution < -0.4 is 14.8 Å². The van der Waals surface area contributed by atoms with E-state index in [0.29, 0.717) is 33.6 Å². The molecule has 1 N–H and O–H groups in total. The second-order valence-electron chi connectivity index (χ2n) is 5.53. The summed E-state index contributed by atoms with van der Waals surface area (Å²) in [5.74, 6) is 0.818. The van der Waals surface area contributed by atoms with Crippen LogP contribution in [0.25, 0.3) is 11.4 Å². The molecule has 27 heavy (non-hydrogen) atoms. The molecule has 0 aliphatic carbocycles. The van der Waals surface area contributed by atoms with Gasteiger partial charge in [-0.25, -0.2) is 0 Å². The average Bonchev–Trinajstić information content (AvgIpc) is 3.30. The number of anilines is 1. The summed E-state index contributed by atoms with van der Waals surface area (Å²) in [5, 5.41) is 24.3. The number of aromatic nitrogens is 4.